The minimum Gasteiger partial charge on any atom is -0.271 e. The zero-order valence-electron chi connectivity index (χ0n) is 9.95. The molecule has 2 aromatic rings. The number of aryl methyl sites for hydroxylation is 1. The quantitative estimate of drug-likeness (QED) is 0.673. The summed E-state index contributed by atoms with van der Waals surface area (Å²) in [4.78, 5) is 0. The zero-order chi connectivity index (χ0) is 13.1. The van der Waals surface area contributed by atoms with Crippen molar-refractivity contribution >= 4 is 15.9 Å². The van der Waals surface area contributed by atoms with Gasteiger partial charge in [-0.05, 0) is 24.6 Å². The molecule has 0 saturated heterocycles. The van der Waals surface area contributed by atoms with E-state index in [1.807, 2.05) is 31.2 Å². The van der Waals surface area contributed by atoms with E-state index in [4.69, 9.17) is 5.84 Å². The van der Waals surface area contributed by atoms with Crippen LogP contribution in [-0.4, -0.2) is 0 Å². The number of rotatable bonds is 3. The molecular weight excluding hydrogens is 295 g/mol. The largest absolute Gasteiger partial charge is 0.271 e. The summed E-state index contributed by atoms with van der Waals surface area (Å²) in [6.45, 7) is 2.01. The molecule has 0 aliphatic rings. The second kappa shape index (κ2) is 5.61. The first-order chi connectivity index (χ1) is 8.63. The van der Waals surface area contributed by atoms with Gasteiger partial charge in [0.1, 0.15) is 5.82 Å². The average Bonchev–Trinajstić information content (AvgIpc) is 2.35. The van der Waals surface area contributed by atoms with Crippen LogP contribution >= 0.6 is 15.9 Å². The molecule has 0 bridgehead atoms. The third-order valence-electron chi connectivity index (χ3n) is 2.87. The average molecular weight is 309 g/mol. The molecule has 0 amide bonds. The van der Waals surface area contributed by atoms with Crippen LogP contribution in [0.25, 0.3) is 0 Å². The Bertz CT molecular complexity index is 520. The summed E-state index contributed by atoms with van der Waals surface area (Å²) in [7, 11) is 0. The van der Waals surface area contributed by atoms with Gasteiger partial charge in [0.15, 0.2) is 0 Å². The van der Waals surface area contributed by atoms with Gasteiger partial charge >= 0.3 is 0 Å². The van der Waals surface area contributed by atoms with Crippen LogP contribution in [0.2, 0.25) is 0 Å². The maximum atomic E-state index is 13.9. The highest BCUT2D eigenvalue weighted by atomic mass is 79.9. The normalized spacial score (nSPS) is 12.4. The molecule has 0 heterocycles. The lowest BCUT2D eigenvalue weighted by Crippen LogP contribution is -2.29. The van der Waals surface area contributed by atoms with Crippen LogP contribution in [0.4, 0.5) is 4.39 Å². The molecule has 0 fully saturated rings. The second-order valence-electron chi connectivity index (χ2n) is 4.15. The first-order valence-electron chi connectivity index (χ1n) is 5.60. The van der Waals surface area contributed by atoms with Gasteiger partial charge in [0.25, 0.3) is 0 Å². The summed E-state index contributed by atoms with van der Waals surface area (Å²) in [6, 6.07) is 12.4. The summed E-state index contributed by atoms with van der Waals surface area (Å²) in [5, 5.41) is 0. The highest BCUT2D eigenvalue weighted by Gasteiger charge is 2.19. The number of benzene rings is 2. The fourth-order valence-corrected chi connectivity index (χ4v) is 2.46. The van der Waals surface area contributed by atoms with Crippen molar-refractivity contribution in [3.05, 3.63) is 69.4 Å². The minimum absolute atomic E-state index is 0.284. The van der Waals surface area contributed by atoms with Crippen LogP contribution in [0.1, 0.15) is 22.7 Å². The molecule has 0 aliphatic carbocycles. The van der Waals surface area contributed by atoms with E-state index < -0.39 is 0 Å². The molecule has 0 radical (unpaired) electrons. The molecule has 1 atom stereocenters. The number of nitrogens with two attached hydrogens (primary N) is 1. The number of hydrogen-bond donors (Lipinski definition) is 2. The van der Waals surface area contributed by atoms with Crippen molar-refractivity contribution in [1.29, 1.82) is 0 Å². The van der Waals surface area contributed by atoms with Crippen molar-refractivity contribution in [2.75, 3.05) is 0 Å². The summed E-state index contributed by atoms with van der Waals surface area (Å²) >= 11 is 3.36. The Balaban J connectivity index is 2.48. The highest BCUT2D eigenvalue weighted by Crippen LogP contribution is 2.30. The third-order valence-corrected chi connectivity index (χ3v) is 3.56. The summed E-state index contributed by atoms with van der Waals surface area (Å²) < 4.78 is 14.6. The fraction of sp³-hybridized carbons (Fsp3) is 0.143. The Morgan fingerprint density at radius 2 is 1.83 bits per heavy atom. The lowest BCUT2D eigenvalue weighted by molar-refractivity contribution is 0.558. The lowest BCUT2D eigenvalue weighted by Gasteiger charge is -2.19. The van der Waals surface area contributed by atoms with Crippen LogP contribution in [0, 0.1) is 12.7 Å². The SMILES string of the molecule is Cc1ccc(C(NN)c2c(F)cccc2Br)cc1. The van der Waals surface area contributed by atoms with E-state index >= 15 is 0 Å². The number of halogens is 2. The van der Waals surface area contributed by atoms with Crippen molar-refractivity contribution in [3.8, 4) is 0 Å². The van der Waals surface area contributed by atoms with Gasteiger partial charge in [0.05, 0.1) is 6.04 Å². The molecular formula is C14H14BrFN2. The van der Waals surface area contributed by atoms with E-state index in [1.165, 1.54) is 6.07 Å². The molecule has 2 aromatic carbocycles. The van der Waals surface area contributed by atoms with Gasteiger partial charge in [-0.25, -0.2) is 9.82 Å². The number of hydrazine groups is 1. The summed E-state index contributed by atoms with van der Waals surface area (Å²) in [5.41, 5.74) is 5.26. The van der Waals surface area contributed by atoms with Gasteiger partial charge < -0.3 is 0 Å². The van der Waals surface area contributed by atoms with E-state index in [0.717, 1.165) is 11.1 Å². The first-order valence-corrected chi connectivity index (χ1v) is 6.39. The van der Waals surface area contributed by atoms with Gasteiger partial charge in [-0.15, -0.1) is 0 Å². The molecule has 2 rings (SSSR count). The molecule has 4 heteroatoms. The smallest absolute Gasteiger partial charge is 0.129 e. The molecule has 0 spiro atoms. The molecule has 1 unspecified atom stereocenters. The number of hydrogen-bond acceptors (Lipinski definition) is 2. The van der Waals surface area contributed by atoms with Gasteiger partial charge in [0, 0.05) is 10.0 Å². The first kappa shape index (κ1) is 13.2. The van der Waals surface area contributed by atoms with Crippen LogP contribution in [0.5, 0.6) is 0 Å². The molecule has 0 saturated carbocycles. The van der Waals surface area contributed by atoms with Crippen molar-refractivity contribution in [3.63, 3.8) is 0 Å². The molecule has 0 aromatic heterocycles. The molecule has 18 heavy (non-hydrogen) atoms. The van der Waals surface area contributed by atoms with Crippen molar-refractivity contribution in [2.45, 2.75) is 13.0 Å². The van der Waals surface area contributed by atoms with Crippen LogP contribution in [-0.2, 0) is 0 Å². The Morgan fingerprint density at radius 1 is 1.17 bits per heavy atom. The number of nitrogens with one attached hydrogen (secondary N) is 1. The van der Waals surface area contributed by atoms with Gasteiger partial charge in [-0.2, -0.15) is 0 Å². The molecule has 2 nitrogen and oxygen atoms in total. The summed E-state index contributed by atoms with van der Waals surface area (Å²) in [5.74, 6) is 5.29. The standard InChI is InChI=1S/C14H14BrFN2/c1-9-5-7-10(8-6-9)14(18-17)13-11(15)3-2-4-12(13)16/h2-8,14,18H,17H2,1H3. The summed E-state index contributed by atoms with van der Waals surface area (Å²) in [6.07, 6.45) is 0. The monoisotopic (exact) mass is 308 g/mol. The maximum absolute atomic E-state index is 13.9. The molecule has 3 N–H and O–H groups in total. The van der Waals surface area contributed by atoms with Crippen molar-refractivity contribution in [2.24, 2.45) is 5.84 Å². The van der Waals surface area contributed by atoms with Crippen LogP contribution in [0.15, 0.2) is 46.9 Å². The van der Waals surface area contributed by atoms with E-state index in [1.54, 1.807) is 12.1 Å². The highest BCUT2D eigenvalue weighted by molar-refractivity contribution is 9.10. The van der Waals surface area contributed by atoms with Crippen LogP contribution < -0.4 is 11.3 Å². The van der Waals surface area contributed by atoms with E-state index in [2.05, 4.69) is 21.4 Å². The topological polar surface area (TPSA) is 38.0 Å². The fourth-order valence-electron chi connectivity index (χ4n) is 1.89. The Hall–Kier alpha value is -1.23. The van der Waals surface area contributed by atoms with Crippen molar-refractivity contribution < 1.29 is 4.39 Å². The molecule has 94 valence electrons. The Kier molecular flexibility index (Phi) is 4.11. The van der Waals surface area contributed by atoms with Gasteiger partial charge in [-0.3, -0.25) is 5.84 Å². The van der Waals surface area contributed by atoms with Crippen LogP contribution in [0.3, 0.4) is 0 Å². The Morgan fingerprint density at radius 3 is 2.39 bits per heavy atom. The predicted molar refractivity (Wildman–Crippen MR) is 74.4 cm³/mol. The third kappa shape index (κ3) is 2.61. The molecule has 0 aliphatic heterocycles. The van der Waals surface area contributed by atoms with Gasteiger partial charge in [-0.1, -0.05) is 51.8 Å². The Labute approximate surface area is 114 Å². The van der Waals surface area contributed by atoms with E-state index in [9.17, 15) is 4.39 Å². The minimum atomic E-state index is -0.374. The van der Waals surface area contributed by atoms with Gasteiger partial charge in [0.2, 0.25) is 0 Å². The maximum Gasteiger partial charge on any atom is 0.129 e. The zero-order valence-corrected chi connectivity index (χ0v) is 11.5. The van der Waals surface area contributed by atoms with Crippen molar-refractivity contribution in [1.82, 2.24) is 5.43 Å². The lowest BCUT2D eigenvalue weighted by atomic mass is 9.98. The van der Waals surface area contributed by atoms with E-state index in [-0.39, 0.29) is 11.9 Å². The predicted octanol–water partition coefficient (Wildman–Crippen LogP) is 3.45. The second-order valence-corrected chi connectivity index (χ2v) is 5.00. The van der Waals surface area contributed by atoms with E-state index in [0.29, 0.717) is 10.0 Å².